The fourth-order valence-electron chi connectivity index (χ4n) is 1.63. The van der Waals surface area contributed by atoms with E-state index in [-0.39, 0.29) is 43.8 Å². The molecule has 0 fully saturated rings. The standard InChI is InChI=1S/C13H22N4O5S/c1-10(2)17-23(20,21)16-7-6-14-12(19)11-4-3-5-15-13(11)22-9-8-18/h3-5,10,16-18H,6-9H2,1-2H3,(H,14,19). The molecule has 0 atom stereocenters. The van der Waals surface area contributed by atoms with Crippen LogP contribution < -0.4 is 19.5 Å². The van der Waals surface area contributed by atoms with Gasteiger partial charge in [-0.25, -0.2) is 9.71 Å². The lowest BCUT2D eigenvalue weighted by molar-refractivity contribution is 0.0947. The van der Waals surface area contributed by atoms with E-state index in [1.54, 1.807) is 19.9 Å². The summed E-state index contributed by atoms with van der Waals surface area (Å²) < 4.78 is 32.9. The van der Waals surface area contributed by atoms with E-state index in [4.69, 9.17) is 9.84 Å². The van der Waals surface area contributed by atoms with E-state index in [2.05, 4.69) is 19.7 Å². The molecule has 0 aliphatic carbocycles. The van der Waals surface area contributed by atoms with Gasteiger partial charge in [0.2, 0.25) is 5.88 Å². The highest BCUT2D eigenvalue weighted by molar-refractivity contribution is 7.87. The lowest BCUT2D eigenvalue weighted by Gasteiger charge is -2.12. The van der Waals surface area contributed by atoms with Crippen molar-refractivity contribution in [2.45, 2.75) is 19.9 Å². The fraction of sp³-hybridized carbons (Fsp3) is 0.538. The predicted octanol–water partition coefficient (Wildman–Crippen LogP) is -0.985. The summed E-state index contributed by atoms with van der Waals surface area (Å²) in [5.41, 5.74) is 0.212. The van der Waals surface area contributed by atoms with Crippen LogP contribution in [-0.4, -0.2) is 56.8 Å². The molecule has 130 valence electrons. The second kappa shape index (κ2) is 9.40. The summed E-state index contributed by atoms with van der Waals surface area (Å²) in [5.74, 6) is -0.330. The Hall–Kier alpha value is -1.75. The molecule has 0 aliphatic heterocycles. The maximum Gasteiger partial charge on any atom is 0.277 e. The van der Waals surface area contributed by atoms with Crippen LogP contribution in [0.1, 0.15) is 24.2 Å². The van der Waals surface area contributed by atoms with Crippen LogP contribution in [0.2, 0.25) is 0 Å². The van der Waals surface area contributed by atoms with Crippen molar-refractivity contribution in [3.05, 3.63) is 23.9 Å². The first-order valence-corrected chi connectivity index (χ1v) is 8.58. The number of carbonyl (C=O) groups is 1. The molecule has 0 aromatic carbocycles. The molecule has 0 radical (unpaired) electrons. The highest BCUT2D eigenvalue weighted by atomic mass is 32.2. The van der Waals surface area contributed by atoms with Gasteiger partial charge in [-0.05, 0) is 26.0 Å². The van der Waals surface area contributed by atoms with E-state index in [9.17, 15) is 13.2 Å². The molecule has 1 rings (SSSR count). The Kier molecular flexibility index (Phi) is 7.89. The molecular formula is C13H22N4O5S. The van der Waals surface area contributed by atoms with Gasteiger partial charge >= 0.3 is 0 Å². The van der Waals surface area contributed by atoms with Crippen molar-refractivity contribution in [1.82, 2.24) is 19.7 Å². The van der Waals surface area contributed by atoms with Crippen molar-refractivity contribution in [2.24, 2.45) is 0 Å². The highest BCUT2D eigenvalue weighted by Crippen LogP contribution is 2.13. The summed E-state index contributed by atoms with van der Waals surface area (Å²) in [6.45, 7) is 3.39. The van der Waals surface area contributed by atoms with Gasteiger partial charge in [0, 0.05) is 25.3 Å². The van der Waals surface area contributed by atoms with Crippen molar-refractivity contribution < 1.29 is 23.1 Å². The van der Waals surface area contributed by atoms with E-state index in [0.29, 0.717) is 0 Å². The number of carbonyl (C=O) groups excluding carboxylic acids is 1. The third-order valence-corrected chi connectivity index (χ3v) is 3.81. The van der Waals surface area contributed by atoms with Gasteiger partial charge in [-0.2, -0.15) is 13.1 Å². The number of aromatic nitrogens is 1. The lowest BCUT2D eigenvalue weighted by Crippen LogP contribution is -2.43. The third-order valence-electron chi connectivity index (χ3n) is 2.44. The maximum absolute atomic E-state index is 12.0. The number of rotatable bonds is 10. The van der Waals surface area contributed by atoms with Crippen LogP contribution in [0.3, 0.4) is 0 Å². The molecule has 9 nitrogen and oxygen atoms in total. The second-order valence-corrected chi connectivity index (χ2v) is 6.39. The Balaban J connectivity index is 2.49. The summed E-state index contributed by atoms with van der Waals surface area (Å²) in [6.07, 6.45) is 1.47. The van der Waals surface area contributed by atoms with Crippen molar-refractivity contribution in [3.8, 4) is 5.88 Å². The number of aliphatic hydroxyl groups excluding tert-OH is 1. The fourth-order valence-corrected chi connectivity index (χ4v) is 2.70. The van der Waals surface area contributed by atoms with Crippen LogP contribution in [0.25, 0.3) is 0 Å². The van der Waals surface area contributed by atoms with Gasteiger partial charge in [0.1, 0.15) is 12.2 Å². The summed E-state index contributed by atoms with van der Waals surface area (Å²) in [5, 5.41) is 11.3. The first-order valence-electron chi connectivity index (χ1n) is 7.09. The van der Waals surface area contributed by atoms with Crippen molar-refractivity contribution in [2.75, 3.05) is 26.3 Å². The second-order valence-electron chi connectivity index (χ2n) is 4.85. The molecule has 23 heavy (non-hydrogen) atoms. The number of pyridine rings is 1. The van der Waals surface area contributed by atoms with Crippen molar-refractivity contribution in [3.63, 3.8) is 0 Å². The van der Waals surface area contributed by atoms with Gasteiger partial charge in [-0.15, -0.1) is 0 Å². The molecular weight excluding hydrogens is 324 g/mol. The molecule has 0 spiro atoms. The number of nitrogens with zero attached hydrogens (tertiary/aromatic N) is 1. The monoisotopic (exact) mass is 346 g/mol. The van der Waals surface area contributed by atoms with Gasteiger partial charge in [-0.3, -0.25) is 4.79 Å². The summed E-state index contributed by atoms with van der Waals surface area (Å²) >= 11 is 0. The zero-order valence-electron chi connectivity index (χ0n) is 13.1. The lowest BCUT2D eigenvalue weighted by atomic mass is 10.2. The Morgan fingerprint density at radius 3 is 2.78 bits per heavy atom. The van der Waals surface area contributed by atoms with E-state index in [1.165, 1.54) is 12.3 Å². The molecule has 0 saturated carbocycles. The Bertz CT molecular complexity index is 606. The van der Waals surface area contributed by atoms with Gasteiger partial charge in [0.25, 0.3) is 16.1 Å². The molecule has 0 aliphatic rings. The minimum absolute atomic E-state index is 0.0258. The molecule has 0 saturated heterocycles. The first kappa shape index (κ1) is 19.3. The first-order chi connectivity index (χ1) is 10.9. The Morgan fingerprint density at radius 1 is 1.39 bits per heavy atom. The van der Waals surface area contributed by atoms with E-state index in [0.717, 1.165) is 0 Å². The average molecular weight is 346 g/mol. The number of hydrogen-bond acceptors (Lipinski definition) is 6. The molecule has 10 heteroatoms. The van der Waals surface area contributed by atoms with Crippen LogP contribution in [0, 0.1) is 0 Å². The summed E-state index contributed by atoms with van der Waals surface area (Å²) in [4.78, 5) is 16.0. The average Bonchev–Trinajstić information content (AvgIpc) is 2.48. The van der Waals surface area contributed by atoms with Crippen LogP contribution in [0.15, 0.2) is 18.3 Å². The number of aliphatic hydroxyl groups is 1. The van der Waals surface area contributed by atoms with Gasteiger partial charge in [-0.1, -0.05) is 0 Å². The minimum Gasteiger partial charge on any atom is -0.475 e. The zero-order chi connectivity index (χ0) is 17.3. The topological polar surface area (TPSA) is 130 Å². The summed E-state index contributed by atoms with van der Waals surface area (Å²) in [6, 6.07) is 2.89. The predicted molar refractivity (Wildman–Crippen MR) is 84.3 cm³/mol. The molecule has 1 aromatic heterocycles. The van der Waals surface area contributed by atoms with Gasteiger partial charge in [0.15, 0.2) is 0 Å². The molecule has 1 heterocycles. The summed E-state index contributed by atoms with van der Waals surface area (Å²) in [7, 11) is -3.58. The number of hydrogen-bond donors (Lipinski definition) is 4. The van der Waals surface area contributed by atoms with Crippen LogP contribution in [0.5, 0.6) is 5.88 Å². The van der Waals surface area contributed by atoms with Crippen LogP contribution in [0.4, 0.5) is 0 Å². The SMILES string of the molecule is CC(C)NS(=O)(=O)NCCNC(=O)c1cccnc1OCCO. The maximum atomic E-state index is 12.0. The number of nitrogens with one attached hydrogen (secondary N) is 3. The van der Waals surface area contributed by atoms with Crippen LogP contribution in [-0.2, 0) is 10.2 Å². The zero-order valence-corrected chi connectivity index (χ0v) is 13.9. The number of ether oxygens (including phenoxy) is 1. The number of amides is 1. The Labute approximate surface area is 135 Å². The molecule has 1 aromatic rings. The smallest absolute Gasteiger partial charge is 0.277 e. The third kappa shape index (κ3) is 7.37. The van der Waals surface area contributed by atoms with E-state index < -0.39 is 16.1 Å². The molecule has 4 N–H and O–H groups in total. The largest absolute Gasteiger partial charge is 0.475 e. The van der Waals surface area contributed by atoms with Gasteiger partial charge < -0.3 is 15.2 Å². The minimum atomic E-state index is -3.58. The van der Waals surface area contributed by atoms with Crippen molar-refractivity contribution >= 4 is 16.1 Å². The molecule has 0 bridgehead atoms. The van der Waals surface area contributed by atoms with Crippen molar-refractivity contribution in [1.29, 1.82) is 0 Å². The van der Waals surface area contributed by atoms with E-state index >= 15 is 0 Å². The highest BCUT2D eigenvalue weighted by Gasteiger charge is 2.14. The molecule has 1 amide bonds. The Morgan fingerprint density at radius 2 is 2.13 bits per heavy atom. The van der Waals surface area contributed by atoms with Gasteiger partial charge in [0.05, 0.1) is 6.61 Å². The normalized spacial score (nSPS) is 11.5. The quantitative estimate of drug-likeness (QED) is 0.403. The van der Waals surface area contributed by atoms with E-state index in [1.807, 2.05) is 0 Å². The molecule has 0 unspecified atom stereocenters. The van der Waals surface area contributed by atoms with Crippen LogP contribution >= 0.6 is 0 Å².